The lowest BCUT2D eigenvalue weighted by atomic mass is 10.2. The average Bonchev–Trinajstić information content (AvgIpc) is 2.69. The molecule has 1 amide bonds. The molecule has 29 heavy (non-hydrogen) atoms. The SMILES string of the molecule is O=C(Nc1ccc(OS(=O)(=O)c2ccccc2C(F)(F)F)cc1)c1ccccc1. The van der Waals surface area contributed by atoms with Crippen LogP contribution >= 0.6 is 0 Å². The Morgan fingerprint density at radius 2 is 1.41 bits per heavy atom. The number of anilines is 1. The van der Waals surface area contributed by atoms with Gasteiger partial charge in [-0.15, -0.1) is 0 Å². The van der Waals surface area contributed by atoms with Gasteiger partial charge in [-0.05, 0) is 48.5 Å². The van der Waals surface area contributed by atoms with E-state index in [9.17, 15) is 26.4 Å². The van der Waals surface area contributed by atoms with Gasteiger partial charge in [0.05, 0.1) is 5.56 Å². The summed E-state index contributed by atoms with van der Waals surface area (Å²) in [5.74, 6) is -0.564. The predicted molar refractivity (Wildman–Crippen MR) is 100 cm³/mol. The van der Waals surface area contributed by atoms with Gasteiger partial charge in [-0.1, -0.05) is 30.3 Å². The molecule has 1 N–H and O–H groups in total. The number of nitrogens with one attached hydrogen (secondary N) is 1. The molecule has 150 valence electrons. The van der Waals surface area contributed by atoms with Gasteiger partial charge < -0.3 is 9.50 Å². The number of hydrogen-bond donors (Lipinski definition) is 1. The molecule has 3 aromatic rings. The van der Waals surface area contributed by atoms with E-state index in [1.54, 1.807) is 30.3 Å². The molecule has 0 saturated carbocycles. The molecule has 0 fully saturated rings. The minimum absolute atomic E-state index is 0.195. The number of carbonyl (C=O) groups is 1. The van der Waals surface area contributed by atoms with Crippen molar-refractivity contribution in [2.75, 3.05) is 5.32 Å². The highest BCUT2D eigenvalue weighted by Crippen LogP contribution is 2.35. The minimum atomic E-state index is -4.85. The van der Waals surface area contributed by atoms with Gasteiger partial charge in [0, 0.05) is 11.3 Å². The molecule has 0 aliphatic rings. The maximum absolute atomic E-state index is 13.1. The minimum Gasteiger partial charge on any atom is -0.379 e. The lowest BCUT2D eigenvalue weighted by Crippen LogP contribution is -2.17. The first-order valence-corrected chi connectivity index (χ1v) is 9.65. The largest absolute Gasteiger partial charge is 0.417 e. The summed E-state index contributed by atoms with van der Waals surface area (Å²) in [5.41, 5.74) is -0.523. The Morgan fingerprint density at radius 1 is 0.828 bits per heavy atom. The van der Waals surface area contributed by atoms with E-state index in [-0.39, 0.29) is 11.7 Å². The highest BCUT2D eigenvalue weighted by atomic mass is 32.2. The Hall–Kier alpha value is -3.33. The Bertz CT molecular complexity index is 1110. The van der Waals surface area contributed by atoms with Crippen molar-refractivity contribution in [3.63, 3.8) is 0 Å². The van der Waals surface area contributed by atoms with Crippen molar-refractivity contribution in [3.8, 4) is 5.75 Å². The van der Waals surface area contributed by atoms with Crippen LogP contribution in [0.15, 0.2) is 83.8 Å². The van der Waals surface area contributed by atoms with Gasteiger partial charge in [0.15, 0.2) is 0 Å². The van der Waals surface area contributed by atoms with Crippen LogP contribution < -0.4 is 9.50 Å². The zero-order chi connectivity index (χ0) is 21.1. The average molecular weight is 421 g/mol. The van der Waals surface area contributed by atoms with Crippen molar-refractivity contribution < 1.29 is 30.6 Å². The molecule has 0 heterocycles. The number of amides is 1. The van der Waals surface area contributed by atoms with E-state index in [4.69, 9.17) is 4.18 Å². The number of halogens is 3. The molecular weight excluding hydrogens is 407 g/mol. The standard InChI is InChI=1S/C20H14F3NO4S/c21-20(22,23)17-8-4-5-9-18(17)29(26,27)28-16-12-10-15(11-13-16)24-19(25)14-6-2-1-3-7-14/h1-13H,(H,24,25). The van der Waals surface area contributed by atoms with Crippen LogP contribution in [0.4, 0.5) is 18.9 Å². The van der Waals surface area contributed by atoms with E-state index in [2.05, 4.69) is 5.32 Å². The first-order chi connectivity index (χ1) is 13.7. The van der Waals surface area contributed by atoms with Gasteiger partial charge >= 0.3 is 16.3 Å². The van der Waals surface area contributed by atoms with Crippen LogP contribution in [0.3, 0.4) is 0 Å². The quantitative estimate of drug-likeness (QED) is 0.605. The Kier molecular flexibility index (Phi) is 5.60. The third-order valence-corrected chi connectivity index (χ3v) is 5.12. The maximum Gasteiger partial charge on any atom is 0.417 e. The van der Waals surface area contributed by atoms with Crippen LogP contribution in [0.2, 0.25) is 0 Å². The summed E-state index contributed by atoms with van der Waals surface area (Å²) < 4.78 is 68.7. The molecule has 0 unspecified atom stereocenters. The monoisotopic (exact) mass is 421 g/mol. The summed E-state index contributed by atoms with van der Waals surface area (Å²) in [6.45, 7) is 0. The van der Waals surface area contributed by atoms with Crippen molar-refractivity contribution in [1.82, 2.24) is 0 Å². The van der Waals surface area contributed by atoms with Crippen LogP contribution in [-0.4, -0.2) is 14.3 Å². The van der Waals surface area contributed by atoms with E-state index in [1.165, 1.54) is 30.3 Å². The second-order valence-electron chi connectivity index (χ2n) is 5.88. The zero-order valence-electron chi connectivity index (χ0n) is 14.7. The fraction of sp³-hybridized carbons (Fsp3) is 0.0500. The fourth-order valence-electron chi connectivity index (χ4n) is 2.48. The van der Waals surface area contributed by atoms with Crippen LogP contribution in [-0.2, 0) is 16.3 Å². The van der Waals surface area contributed by atoms with Gasteiger partial charge in [-0.3, -0.25) is 4.79 Å². The maximum atomic E-state index is 13.1. The number of benzene rings is 3. The number of carbonyl (C=O) groups excluding carboxylic acids is 1. The normalized spacial score (nSPS) is 11.7. The van der Waals surface area contributed by atoms with Gasteiger partial charge in [-0.2, -0.15) is 21.6 Å². The molecule has 0 saturated heterocycles. The number of rotatable bonds is 5. The molecule has 5 nitrogen and oxygen atoms in total. The van der Waals surface area contributed by atoms with E-state index >= 15 is 0 Å². The van der Waals surface area contributed by atoms with Crippen LogP contribution in [0.1, 0.15) is 15.9 Å². The summed E-state index contributed by atoms with van der Waals surface area (Å²) in [6.07, 6.45) is -4.85. The molecule has 0 radical (unpaired) electrons. The van der Waals surface area contributed by atoms with Crippen LogP contribution in [0.5, 0.6) is 5.75 Å². The molecule has 0 bridgehead atoms. The van der Waals surface area contributed by atoms with Gasteiger partial charge in [0.25, 0.3) is 5.91 Å². The van der Waals surface area contributed by atoms with Gasteiger partial charge in [0.1, 0.15) is 10.6 Å². The Balaban J connectivity index is 1.77. The van der Waals surface area contributed by atoms with Crippen LogP contribution in [0.25, 0.3) is 0 Å². The predicted octanol–water partition coefficient (Wildman–Crippen LogP) is 4.73. The lowest BCUT2D eigenvalue weighted by Gasteiger charge is -2.13. The summed E-state index contributed by atoms with van der Waals surface area (Å²) in [7, 11) is -4.71. The molecule has 3 aromatic carbocycles. The fourth-order valence-corrected chi connectivity index (χ4v) is 3.63. The van der Waals surface area contributed by atoms with E-state index in [0.29, 0.717) is 17.3 Å². The topological polar surface area (TPSA) is 72.5 Å². The number of hydrogen-bond acceptors (Lipinski definition) is 4. The highest BCUT2D eigenvalue weighted by Gasteiger charge is 2.37. The molecule has 0 aromatic heterocycles. The van der Waals surface area contributed by atoms with E-state index in [0.717, 1.165) is 12.1 Å². The zero-order valence-corrected chi connectivity index (χ0v) is 15.5. The molecule has 0 spiro atoms. The molecule has 0 aliphatic carbocycles. The van der Waals surface area contributed by atoms with E-state index in [1.807, 2.05) is 0 Å². The second kappa shape index (κ2) is 7.96. The van der Waals surface area contributed by atoms with Crippen molar-refractivity contribution >= 4 is 21.7 Å². The smallest absolute Gasteiger partial charge is 0.379 e. The third-order valence-electron chi connectivity index (χ3n) is 3.82. The van der Waals surface area contributed by atoms with Crippen molar-refractivity contribution in [2.24, 2.45) is 0 Å². The molecular formula is C20H14F3NO4S. The molecule has 0 atom stereocenters. The second-order valence-corrected chi connectivity index (χ2v) is 7.39. The molecule has 9 heteroatoms. The lowest BCUT2D eigenvalue weighted by molar-refractivity contribution is -0.139. The van der Waals surface area contributed by atoms with Crippen molar-refractivity contribution in [1.29, 1.82) is 0 Å². The van der Waals surface area contributed by atoms with Crippen molar-refractivity contribution in [2.45, 2.75) is 11.1 Å². The first kappa shape index (κ1) is 20.4. The van der Waals surface area contributed by atoms with E-state index < -0.39 is 26.8 Å². The van der Waals surface area contributed by atoms with Crippen LogP contribution in [0, 0.1) is 0 Å². The Morgan fingerprint density at radius 3 is 2.03 bits per heavy atom. The molecule has 0 aliphatic heterocycles. The van der Waals surface area contributed by atoms with Gasteiger partial charge in [-0.25, -0.2) is 0 Å². The first-order valence-electron chi connectivity index (χ1n) is 8.24. The van der Waals surface area contributed by atoms with Crippen molar-refractivity contribution in [3.05, 3.63) is 90.0 Å². The third kappa shape index (κ3) is 4.94. The highest BCUT2D eigenvalue weighted by molar-refractivity contribution is 7.87. The Labute approximate surface area is 164 Å². The summed E-state index contributed by atoms with van der Waals surface area (Å²) in [6, 6.07) is 17.4. The van der Waals surface area contributed by atoms with Gasteiger partial charge in [0.2, 0.25) is 0 Å². The summed E-state index contributed by atoms with van der Waals surface area (Å²) >= 11 is 0. The molecule has 3 rings (SSSR count). The summed E-state index contributed by atoms with van der Waals surface area (Å²) in [5, 5.41) is 2.62. The number of alkyl halides is 3. The summed E-state index contributed by atoms with van der Waals surface area (Å²) in [4.78, 5) is 11.1.